The number of nitrogens with one attached hydrogen (secondary N) is 2. The lowest BCUT2D eigenvalue weighted by atomic mass is 10.1. The van der Waals surface area contributed by atoms with Crippen LogP contribution in [-0.4, -0.2) is 71.4 Å². The number of primary amides is 1. The van der Waals surface area contributed by atoms with Crippen molar-refractivity contribution < 1.29 is 33.4 Å². The SMILES string of the molecule is CSCC[C@H](NC(=O)[C@@H](COCc1ccccc1)NC(=O)[C@H]1CCC(=O)N1C(=O)OCc1ccccc1)C(N)=O. The highest BCUT2D eigenvalue weighted by atomic mass is 32.2. The lowest BCUT2D eigenvalue weighted by Gasteiger charge is -2.26. The number of carbonyl (C=O) groups excluding carboxylic acids is 5. The van der Waals surface area contributed by atoms with Crippen LogP contribution in [0.2, 0.25) is 0 Å². The first-order chi connectivity index (χ1) is 19.3. The third kappa shape index (κ3) is 9.09. The largest absolute Gasteiger partial charge is 0.444 e. The first kappa shape index (κ1) is 30.6. The van der Waals surface area contributed by atoms with Gasteiger partial charge in [-0.15, -0.1) is 0 Å². The van der Waals surface area contributed by atoms with Gasteiger partial charge in [0.15, 0.2) is 0 Å². The van der Waals surface area contributed by atoms with E-state index in [0.717, 1.165) is 16.0 Å². The van der Waals surface area contributed by atoms with Gasteiger partial charge in [-0.3, -0.25) is 19.2 Å². The molecule has 3 atom stereocenters. The average Bonchev–Trinajstić information content (AvgIpc) is 3.35. The summed E-state index contributed by atoms with van der Waals surface area (Å²) in [5, 5.41) is 5.17. The van der Waals surface area contributed by atoms with E-state index in [1.54, 1.807) is 24.3 Å². The van der Waals surface area contributed by atoms with Gasteiger partial charge in [0.25, 0.3) is 0 Å². The van der Waals surface area contributed by atoms with E-state index in [9.17, 15) is 24.0 Å². The smallest absolute Gasteiger partial charge is 0.417 e. The number of rotatable bonds is 14. The second kappa shape index (κ2) is 15.6. The molecule has 0 spiro atoms. The van der Waals surface area contributed by atoms with Crippen molar-refractivity contribution >= 4 is 41.5 Å². The Morgan fingerprint density at radius 2 is 1.60 bits per heavy atom. The Labute approximate surface area is 237 Å². The van der Waals surface area contributed by atoms with Crippen LogP contribution in [0.5, 0.6) is 0 Å². The van der Waals surface area contributed by atoms with E-state index in [0.29, 0.717) is 12.2 Å². The van der Waals surface area contributed by atoms with Gasteiger partial charge in [-0.2, -0.15) is 11.8 Å². The minimum absolute atomic E-state index is 0.0294. The van der Waals surface area contributed by atoms with E-state index < -0.39 is 47.8 Å². The minimum atomic E-state index is -1.22. The molecule has 11 nitrogen and oxygen atoms in total. The topological polar surface area (TPSA) is 157 Å². The predicted molar refractivity (Wildman–Crippen MR) is 149 cm³/mol. The van der Waals surface area contributed by atoms with Crippen LogP contribution in [0.4, 0.5) is 4.79 Å². The number of carbonyl (C=O) groups is 5. The average molecular weight is 571 g/mol. The van der Waals surface area contributed by atoms with Gasteiger partial charge in [0.2, 0.25) is 23.6 Å². The summed E-state index contributed by atoms with van der Waals surface area (Å²) in [4.78, 5) is 64.4. The maximum Gasteiger partial charge on any atom is 0.417 e. The Balaban J connectivity index is 1.68. The van der Waals surface area contributed by atoms with Crippen LogP contribution in [0, 0.1) is 0 Å². The Morgan fingerprint density at radius 3 is 2.20 bits per heavy atom. The van der Waals surface area contributed by atoms with Crippen molar-refractivity contribution in [1.82, 2.24) is 15.5 Å². The predicted octanol–water partition coefficient (Wildman–Crippen LogP) is 1.74. The van der Waals surface area contributed by atoms with E-state index in [2.05, 4.69) is 10.6 Å². The summed E-state index contributed by atoms with van der Waals surface area (Å²) < 4.78 is 11.0. The van der Waals surface area contributed by atoms with Gasteiger partial charge in [-0.05, 0) is 36.0 Å². The molecule has 214 valence electrons. The van der Waals surface area contributed by atoms with E-state index in [4.69, 9.17) is 15.2 Å². The fraction of sp³-hybridized carbons (Fsp3) is 0.393. The zero-order valence-corrected chi connectivity index (χ0v) is 23.1. The number of hydrogen-bond acceptors (Lipinski definition) is 8. The molecule has 0 aromatic heterocycles. The third-order valence-electron chi connectivity index (χ3n) is 6.22. The minimum Gasteiger partial charge on any atom is -0.444 e. The highest BCUT2D eigenvalue weighted by molar-refractivity contribution is 7.98. The maximum atomic E-state index is 13.3. The molecule has 2 aromatic carbocycles. The van der Waals surface area contributed by atoms with Gasteiger partial charge >= 0.3 is 6.09 Å². The van der Waals surface area contributed by atoms with Crippen LogP contribution in [0.1, 0.15) is 30.4 Å². The number of thioether (sulfide) groups is 1. The fourth-order valence-corrected chi connectivity index (χ4v) is 4.53. The number of imide groups is 1. The Morgan fingerprint density at radius 1 is 0.975 bits per heavy atom. The molecule has 3 rings (SSSR count). The number of hydrogen-bond donors (Lipinski definition) is 3. The highest BCUT2D eigenvalue weighted by Crippen LogP contribution is 2.21. The molecular weight excluding hydrogens is 536 g/mol. The standard InChI is InChI=1S/C28H34N4O7S/c1-40-15-14-21(25(29)34)30-26(35)22(18-38-16-19-8-4-2-5-9-19)31-27(36)23-12-13-24(33)32(23)28(37)39-17-20-10-6-3-7-11-20/h2-11,21-23H,12-18H2,1H3,(H2,29,34)(H,30,35)(H,31,36)/t21-,22+,23+/m0/s1. The second-order valence-electron chi connectivity index (χ2n) is 9.17. The highest BCUT2D eigenvalue weighted by Gasteiger charge is 2.42. The van der Waals surface area contributed by atoms with Gasteiger partial charge < -0.3 is 25.8 Å². The zero-order valence-electron chi connectivity index (χ0n) is 22.2. The van der Waals surface area contributed by atoms with Crippen molar-refractivity contribution in [2.75, 3.05) is 18.6 Å². The normalized spacial score (nSPS) is 16.2. The Hall–Kier alpha value is -3.90. The van der Waals surface area contributed by atoms with Gasteiger partial charge in [0.05, 0.1) is 13.2 Å². The summed E-state index contributed by atoms with van der Waals surface area (Å²) in [5.74, 6) is -2.06. The molecule has 1 saturated heterocycles. The Kier molecular flexibility index (Phi) is 12.0. The number of likely N-dealkylation sites (tertiary alicyclic amines) is 1. The molecular formula is C28H34N4O7S. The molecule has 5 amide bonds. The molecule has 4 N–H and O–H groups in total. The van der Waals surface area contributed by atoms with E-state index in [1.807, 2.05) is 42.7 Å². The summed E-state index contributed by atoms with van der Waals surface area (Å²) in [6.45, 7) is -0.119. The van der Waals surface area contributed by atoms with Crippen molar-refractivity contribution in [3.05, 3.63) is 71.8 Å². The summed E-state index contributed by atoms with van der Waals surface area (Å²) >= 11 is 1.49. The van der Waals surface area contributed by atoms with Crippen LogP contribution in [0.25, 0.3) is 0 Å². The van der Waals surface area contributed by atoms with Gasteiger partial charge in [0, 0.05) is 6.42 Å². The van der Waals surface area contributed by atoms with Crippen molar-refractivity contribution in [2.45, 2.75) is 50.6 Å². The van der Waals surface area contributed by atoms with E-state index in [1.165, 1.54) is 11.8 Å². The zero-order chi connectivity index (χ0) is 28.9. The van der Waals surface area contributed by atoms with Crippen LogP contribution in [0.15, 0.2) is 60.7 Å². The quantitative estimate of drug-likeness (QED) is 0.310. The van der Waals surface area contributed by atoms with Gasteiger partial charge in [-0.25, -0.2) is 9.69 Å². The van der Waals surface area contributed by atoms with Crippen molar-refractivity contribution in [2.24, 2.45) is 5.73 Å². The lowest BCUT2D eigenvalue weighted by molar-refractivity contribution is -0.137. The van der Waals surface area contributed by atoms with Crippen LogP contribution in [-0.2, 0) is 41.9 Å². The van der Waals surface area contributed by atoms with Crippen LogP contribution >= 0.6 is 11.8 Å². The monoisotopic (exact) mass is 570 g/mol. The Bertz CT molecular complexity index is 1170. The number of nitrogens with two attached hydrogens (primary N) is 1. The molecule has 40 heavy (non-hydrogen) atoms. The first-order valence-corrected chi connectivity index (χ1v) is 14.2. The van der Waals surface area contributed by atoms with Gasteiger partial charge in [-0.1, -0.05) is 60.7 Å². The summed E-state index contributed by atoms with van der Waals surface area (Å²) in [7, 11) is 0. The molecule has 12 heteroatoms. The van der Waals surface area contributed by atoms with E-state index >= 15 is 0 Å². The van der Waals surface area contributed by atoms with Crippen molar-refractivity contribution in [3.8, 4) is 0 Å². The third-order valence-corrected chi connectivity index (χ3v) is 6.86. The molecule has 2 aromatic rings. The first-order valence-electron chi connectivity index (χ1n) is 12.8. The second-order valence-corrected chi connectivity index (χ2v) is 10.2. The van der Waals surface area contributed by atoms with E-state index in [-0.39, 0.29) is 32.7 Å². The molecule has 1 fully saturated rings. The molecule has 0 saturated carbocycles. The van der Waals surface area contributed by atoms with Crippen molar-refractivity contribution in [3.63, 3.8) is 0 Å². The fourth-order valence-electron chi connectivity index (χ4n) is 4.06. The number of ether oxygens (including phenoxy) is 2. The number of benzene rings is 2. The number of nitrogens with zero attached hydrogens (tertiary/aromatic N) is 1. The molecule has 0 radical (unpaired) electrons. The lowest BCUT2D eigenvalue weighted by Crippen LogP contribution is -2.57. The summed E-state index contributed by atoms with van der Waals surface area (Å²) in [5.41, 5.74) is 7.04. The van der Waals surface area contributed by atoms with Gasteiger partial charge in [0.1, 0.15) is 24.7 Å². The summed E-state index contributed by atoms with van der Waals surface area (Å²) in [6, 6.07) is 14.8. The van der Waals surface area contributed by atoms with Crippen LogP contribution < -0.4 is 16.4 Å². The maximum absolute atomic E-state index is 13.3. The molecule has 0 unspecified atom stereocenters. The molecule has 0 aliphatic carbocycles. The summed E-state index contributed by atoms with van der Waals surface area (Å²) in [6.07, 6.45) is 1.27. The molecule has 0 bridgehead atoms. The molecule has 1 heterocycles. The molecule has 1 aliphatic rings. The number of amides is 5. The van der Waals surface area contributed by atoms with Crippen molar-refractivity contribution in [1.29, 1.82) is 0 Å². The molecule has 1 aliphatic heterocycles. The van der Waals surface area contributed by atoms with Crippen LogP contribution in [0.3, 0.4) is 0 Å².